The number of phenolic OH excluding ortho intramolecular Hbond substituents is 1. The molecule has 0 aliphatic carbocycles. The van der Waals surface area contributed by atoms with Gasteiger partial charge in [-0.15, -0.1) is 0 Å². The fourth-order valence-electron chi connectivity index (χ4n) is 3.24. The number of hydrogen-bond donors (Lipinski definition) is 3. The van der Waals surface area contributed by atoms with Crippen molar-refractivity contribution in [3.8, 4) is 45.4 Å². The Morgan fingerprint density at radius 1 is 0.897 bits per heavy atom. The van der Waals surface area contributed by atoms with Gasteiger partial charge in [0, 0.05) is 17.7 Å². The number of aromatic nitrogens is 3. The molecule has 0 spiro atoms. The van der Waals surface area contributed by atoms with E-state index < -0.39 is 0 Å². The maximum atomic E-state index is 12.1. The number of nitrogens with one attached hydrogen (secondary N) is 2. The second-order valence-corrected chi connectivity index (χ2v) is 6.31. The third-order valence-electron chi connectivity index (χ3n) is 4.71. The number of fused-ring (bicyclic) bond motifs is 1. The van der Waals surface area contributed by atoms with Crippen LogP contribution in [0.3, 0.4) is 0 Å². The third-order valence-corrected chi connectivity index (χ3v) is 4.71. The Morgan fingerprint density at radius 2 is 1.62 bits per heavy atom. The van der Waals surface area contributed by atoms with Crippen molar-refractivity contribution in [2.45, 2.75) is 0 Å². The average molecular weight is 393 g/mol. The zero-order valence-electron chi connectivity index (χ0n) is 16.1. The molecule has 0 bridgehead atoms. The van der Waals surface area contributed by atoms with Gasteiger partial charge in [-0.05, 0) is 23.8 Å². The first kappa shape index (κ1) is 18.4. The van der Waals surface area contributed by atoms with E-state index in [4.69, 9.17) is 14.2 Å². The Bertz CT molecular complexity index is 1240. The Balaban J connectivity index is 2.04. The number of aromatic hydroxyl groups is 1. The molecule has 0 saturated heterocycles. The maximum absolute atomic E-state index is 12.1. The van der Waals surface area contributed by atoms with Gasteiger partial charge in [0.25, 0.3) is 5.56 Å². The molecule has 0 amide bonds. The summed E-state index contributed by atoms with van der Waals surface area (Å²) in [7, 11) is 4.60. The molecule has 0 aliphatic heterocycles. The van der Waals surface area contributed by atoms with E-state index in [1.807, 2.05) is 24.3 Å². The molecule has 4 aromatic rings. The number of H-pyrrole nitrogens is 2. The van der Waals surface area contributed by atoms with Crippen LogP contribution in [0.4, 0.5) is 0 Å². The monoisotopic (exact) mass is 393 g/mol. The normalized spacial score (nSPS) is 10.9. The summed E-state index contributed by atoms with van der Waals surface area (Å²) in [6.45, 7) is 0. The van der Waals surface area contributed by atoms with Crippen LogP contribution < -0.4 is 19.8 Å². The zero-order chi connectivity index (χ0) is 20.5. The molecule has 29 heavy (non-hydrogen) atoms. The molecule has 4 rings (SSSR count). The number of nitrogens with zero attached hydrogens (tertiary/aromatic N) is 1. The number of methoxy groups -OCH3 is 3. The number of aromatic amines is 2. The Hall–Kier alpha value is -3.94. The van der Waals surface area contributed by atoms with Gasteiger partial charge in [0.15, 0.2) is 5.65 Å². The number of phenols is 1. The highest BCUT2D eigenvalue weighted by Crippen LogP contribution is 2.44. The minimum atomic E-state index is -0.278. The first-order valence-electron chi connectivity index (χ1n) is 8.77. The fraction of sp³-hybridized carbons (Fsp3) is 0.143. The van der Waals surface area contributed by atoms with E-state index >= 15 is 0 Å². The molecule has 3 N–H and O–H groups in total. The van der Waals surface area contributed by atoms with Crippen LogP contribution in [0.2, 0.25) is 0 Å². The summed E-state index contributed by atoms with van der Waals surface area (Å²) in [5.41, 5.74) is 2.40. The van der Waals surface area contributed by atoms with Crippen molar-refractivity contribution in [1.29, 1.82) is 0 Å². The molecule has 0 radical (unpaired) electrons. The lowest BCUT2D eigenvalue weighted by atomic mass is 9.97. The zero-order valence-corrected chi connectivity index (χ0v) is 16.1. The average Bonchev–Trinajstić information content (AvgIpc) is 3.12. The van der Waals surface area contributed by atoms with Crippen molar-refractivity contribution in [3.05, 3.63) is 52.8 Å². The van der Waals surface area contributed by atoms with Crippen LogP contribution >= 0.6 is 0 Å². The highest BCUT2D eigenvalue weighted by atomic mass is 16.5. The number of rotatable bonds is 5. The van der Waals surface area contributed by atoms with Gasteiger partial charge >= 0.3 is 0 Å². The van der Waals surface area contributed by atoms with Crippen LogP contribution in [0, 0.1) is 0 Å². The van der Waals surface area contributed by atoms with E-state index in [1.54, 1.807) is 19.2 Å². The molecule has 0 saturated carbocycles. The second kappa shape index (κ2) is 7.23. The van der Waals surface area contributed by atoms with Crippen molar-refractivity contribution in [2.24, 2.45) is 0 Å². The number of ether oxygens (including phenoxy) is 3. The van der Waals surface area contributed by atoms with E-state index in [-0.39, 0.29) is 11.3 Å². The van der Waals surface area contributed by atoms with Gasteiger partial charge in [0.2, 0.25) is 0 Å². The topological polar surface area (TPSA) is 109 Å². The summed E-state index contributed by atoms with van der Waals surface area (Å²) in [5.74, 6) is 1.49. The molecule has 0 aliphatic rings. The van der Waals surface area contributed by atoms with Crippen molar-refractivity contribution in [3.63, 3.8) is 0 Å². The lowest BCUT2D eigenvalue weighted by molar-refractivity contribution is 0.386. The van der Waals surface area contributed by atoms with E-state index in [0.29, 0.717) is 45.1 Å². The van der Waals surface area contributed by atoms with E-state index in [9.17, 15) is 9.90 Å². The molecule has 0 fully saturated rings. The quantitative estimate of drug-likeness (QED) is 0.480. The number of benzene rings is 2. The Morgan fingerprint density at radius 3 is 2.28 bits per heavy atom. The minimum absolute atomic E-state index is 0.0549. The van der Waals surface area contributed by atoms with Gasteiger partial charge in [0.05, 0.1) is 38.0 Å². The Labute approximate surface area is 165 Å². The summed E-state index contributed by atoms with van der Waals surface area (Å²) in [4.78, 5) is 16.8. The van der Waals surface area contributed by atoms with E-state index in [2.05, 4.69) is 15.2 Å². The van der Waals surface area contributed by atoms with Crippen LogP contribution in [-0.2, 0) is 0 Å². The van der Waals surface area contributed by atoms with Crippen LogP contribution in [0.5, 0.6) is 23.0 Å². The predicted octanol–water partition coefficient (Wildman–Crippen LogP) is 3.32. The fourth-order valence-corrected chi connectivity index (χ4v) is 3.24. The van der Waals surface area contributed by atoms with Crippen molar-refractivity contribution < 1.29 is 19.3 Å². The molecule has 2 aromatic carbocycles. The maximum Gasteiger partial charge on any atom is 0.273 e. The van der Waals surface area contributed by atoms with Gasteiger partial charge < -0.3 is 19.3 Å². The summed E-state index contributed by atoms with van der Waals surface area (Å²) in [6.07, 6.45) is 0. The molecule has 148 valence electrons. The van der Waals surface area contributed by atoms with Crippen LogP contribution in [0.15, 0.2) is 47.3 Å². The summed E-state index contributed by atoms with van der Waals surface area (Å²) in [5, 5.41) is 16.4. The standard InChI is InChI=1S/C21H19N3O5/c1-27-12-6-4-11(5-7-12)14-10-15-20(23-24-21(15)26)22-19(14)18-16(25)8-13(28-2)9-17(18)29-3/h4-10,25H,1-3H3,(H2,22,23,24,26). The number of hydrogen-bond acceptors (Lipinski definition) is 6. The first-order chi connectivity index (χ1) is 14.0. The minimum Gasteiger partial charge on any atom is -0.507 e. The SMILES string of the molecule is COc1ccc(-c2cc3c(=O)[nH][nH]c3nc2-c2c(O)cc(OC)cc2OC)cc1. The van der Waals surface area contributed by atoms with E-state index in [0.717, 1.165) is 5.56 Å². The highest BCUT2D eigenvalue weighted by Gasteiger charge is 2.21. The van der Waals surface area contributed by atoms with E-state index in [1.165, 1.54) is 20.3 Å². The summed E-state index contributed by atoms with van der Waals surface area (Å²) >= 11 is 0. The van der Waals surface area contributed by atoms with Crippen LogP contribution in [-0.4, -0.2) is 41.6 Å². The molecular weight excluding hydrogens is 374 g/mol. The molecule has 0 unspecified atom stereocenters. The van der Waals surface area contributed by atoms with Gasteiger partial charge in [0.1, 0.15) is 23.0 Å². The van der Waals surface area contributed by atoms with Crippen molar-refractivity contribution in [2.75, 3.05) is 21.3 Å². The summed E-state index contributed by atoms with van der Waals surface area (Å²) < 4.78 is 15.9. The first-order valence-corrected chi connectivity index (χ1v) is 8.77. The molecule has 8 nitrogen and oxygen atoms in total. The third kappa shape index (κ3) is 3.14. The molecule has 2 aromatic heterocycles. The van der Waals surface area contributed by atoms with Crippen molar-refractivity contribution in [1.82, 2.24) is 15.2 Å². The molecular formula is C21H19N3O5. The van der Waals surface area contributed by atoms with Gasteiger partial charge in [-0.2, -0.15) is 0 Å². The van der Waals surface area contributed by atoms with Gasteiger partial charge in [-0.3, -0.25) is 15.0 Å². The lowest BCUT2D eigenvalue weighted by Gasteiger charge is -2.15. The molecule has 8 heteroatoms. The lowest BCUT2D eigenvalue weighted by Crippen LogP contribution is -2.00. The smallest absolute Gasteiger partial charge is 0.273 e. The molecule has 2 heterocycles. The predicted molar refractivity (Wildman–Crippen MR) is 109 cm³/mol. The van der Waals surface area contributed by atoms with Crippen molar-refractivity contribution >= 4 is 11.0 Å². The molecule has 0 atom stereocenters. The summed E-state index contributed by atoms with van der Waals surface area (Å²) in [6, 6.07) is 12.2. The van der Waals surface area contributed by atoms with Crippen LogP contribution in [0.1, 0.15) is 0 Å². The number of pyridine rings is 1. The largest absolute Gasteiger partial charge is 0.507 e. The van der Waals surface area contributed by atoms with Gasteiger partial charge in [-0.1, -0.05) is 12.1 Å². The second-order valence-electron chi connectivity index (χ2n) is 6.31. The van der Waals surface area contributed by atoms with Gasteiger partial charge in [-0.25, -0.2) is 4.98 Å². The highest BCUT2D eigenvalue weighted by molar-refractivity contribution is 5.93. The van der Waals surface area contributed by atoms with Crippen LogP contribution in [0.25, 0.3) is 33.4 Å². The Kier molecular flexibility index (Phi) is 4.59.